The highest BCUT2D eigenvalue weighted by atomic mass is 35.5. The number of carbonyl (C=O) groups excluding carboxylic acids is 2. The summed E-state index contributed by atoms with van der Waals surface area (Å²) in [6.45, 7) is 1.50. The molecule has 1 aromatic heterocycles. The van der Waals surface area contributed by atoms with Gasteiger partial charge in [-0.1, -0.05) is 41.6 Å². The summed E-state index contributed by atoms with van der Waals surface area (Å²) in [6.07, 6.45) is 0. The Labute approximate surface area is 206 Å². The molecular formula is C25H21ClN4O3S. The number of hydrogen-bond acceptors (Lipinski definition) is 6. The number of rotatable bonds is 8. The van der Waals surface area contributed by atoms with E-state index in [1.165, 1.54) is 18.7 Å². The summed E-state index contributed by atoms with van der Waals surface area (Å²) in [6, 6.07) is 21.6. The molecule has 0 saturated heterocycles. The molecule has 34 heavy (non-hydrogen) atoms. The molecule has 0 aliphatic heterocycles. The minimum absolute atomic E-state index is 0.0281. The number of thioether (sulfide) groups is 1. The molecule has 4 rings (SSSR count). The van der Waals surface area contributed by atoms with Crippen molar-refractivity contribution in [2.24, 2.45) is 0 Å². The van der Waals surface area contributed by atoms with Crippen molar-refractivity contribution in [3.05, 3.63) is 83.4 Å². The van der Waals surface area contributed by atoms with Crippen LogP contribution in [0.25, 0.3) is 17.1 Å². The van der Waals surface area contributed by atoms with E-state index < -0.39 is 0 Å². The maximum Gasteiger partial charge on any atom is 0.234 e. The smallest absolute Gasteiger partial charge is 0.234 e. The number of carbonyl (C=O) groups is 2. The number of nitrogens with one attached hydrogen (secondary N) is 1. The summed E-state index contributed by atoms with van der Waals surface area (Å²) < 4.78 is 7.36. The molecule has 3 aromatic carbocycles. The number of benzene rings is 3. The number of para-hydroxylation sites is 1. The third-order valence-electron chi connectivity index (χ3n) is 4.96. The Bertz CT molecular complexity index is 1340. The molecule has 0 saturated carbocycles. The molecular weight excluding hydrogens is 472 g/mol. The molecule has 172 valence electrons. The quantitative estimate of drug-likeness (QED) is 0.257. The summed E-state index contributed by atoms with van der Waals surface area (Å²) in [4.78, 5) is 24.0. The third kappa shape index (κ3) is 5.30. The zero-order chi connectivity index (χ0) is 24.1. The number of methoxy groups -OCH3 is 1. The average molecular weight is 493 g/mol. The number of aromatic nitrogens is 3. The van der Waals surface area contributed by atoms with Crippen molar-refractivity contribution in [1.29, 1.82) is 0 Å². The van der Waals surface area contributed by atoms with E-state index in [0.717, 1.165) is 11.3 Å². The predicted octanol–water partition coefficient (Wildman–Crippen LogP) is 5.53. The SMILES string of the molecule is COc1ccccc1-c1nnc(SCC(=O)Nc2ccc(C(C)=O)cc2)n1-c1cccc(Cl)c1. The van der Waals surface area contributed by atoms with Crippen LogP contribution in [0, 0.1) is 0 Å². The molecule has 1 amide bonds. The Balaban J connectivity index is 1.60. The van der Waals surface area contributed by atoms with E-state index in [2.05, 4.69) is 15.5 Å². The van der Waals surface area contributed by atoms with Crippen LogP contribution in [0.2, 0.25) is 5.02 Å². The number of ketones is 1. The van der Waals surface area contributed by atoms with E-state index in [-0.39, 0.29) is 17.4 Å². The second kappa shape index (κ2) is 10.5. The van der Waals surface area contributed by atoms with Gasteiger partial charge in [0.25, 0.3) is 0 Å². The van der Waals surface area contributed by atoms with Gasteiger partial charge in [-0.05, 0) is 61.5 Å². The van der Waals surface area contributed by atoms with Gasteiger partial charge in [0, 0.05) is 16.3 Å². The van der Waals surface area contributed by atoms with E-state index in [4.69, 9.17) is 16.3 Å². The molecule has 0 aliphatic carbocycles. The Kier molecular flexibility index (Phi) is 7.30. The van der Waals surface area contributed by atoms with Crippen molar-refractivity contribution in [2.45, 2.75) is 12.1 Å². The fourth-order valence-electron chi connectivity index (χ4n) is 3.33. The van der Waals surface area contributed by atoms with Crippen LogP contribution in [0.3, 0.4) is 0 Å². The summed E-state index contributed by atoms with van der Waals surface area (Å²) in [7, 11) is 1.60. The number of halogens is 1. The first-order chi connectivity index (χ1) is 16.5. The van der Waals surface area contributed by atoms with Crippen LogP contribution < -0.4 is 10.1 Å². The number of nitrogens with zero attached hydrogens (tertiary/aromatic N) is 3. The summed E-state index contributed by atoms with van der Waals surface area (Å²) >= 11 is 7.50. The molecule has 4 aromatic rings. The minimum Gasteiger partial charge on any atom is -0.496 e. The van der Waals surface area contributed by atoms with Crippen LogP contribution in [0.4, 0.5) is 5.69 Å². The lowest BCUT2D eigenvalue weighted by atomic mass is 10.1. The van der Waals surface area contributed by atoms with Gasteiger partial charge in [0.1, 0.15) is 5.75 Å². The standard InChI is InChI=1S/C25H21ClN4O3S/c1-16(31)17-10-12-19(13-11-17)27-23(32)15-34-25-29-28-24(21-8-3-4-9-22(21)33-2)30(25)20-7-5-6-18(26)14-20/h3-14H,15H2,1-2H3,(H,27,32). The number of Topliss-reactive ketones (excluding diaryl/α,β-unsaturated/α-hetero) is 1. The zero-order valence-corrected chi connectivity index (χ0v) is 20.1. The van der Waals surface area contributed by atoms with Gasteiger partial charge in [0.2, 0.25) is 5.91 Å². The van der Waals surface area contributed by atoms with Gasteiger partial charge in [-0.3, -0.25) is 14.2 Å². The normalized spacial score (nSPS) is 10.7. The van der Waals surface area contributed by atoms with Gasteiger partial charge < -0.3 is 10.1 Å². The lowest BCUT2D eigenvalue weighted by Crippen LogP contribution is -2.14. The third-order valence-corrected chi connectivity index (χ3v) is 6.12. The van der Waals surface area contributed by atoms with Gasteiger partial charge in [0.15, 0.2) is 16.8 Å². The first-order valence-electron chi connectivity index (χ1n) is 10.3. The van der Waals surface area contributed by atoms with Crippen molar-refractivity contribution in [1.82, 2.24) is 14.8 Å². The Morgan fingerprint density at radius 1 is 1.03 bits per heavy atom. The maximum atomic E-state index is 12.6. The molecule has 1 heterocycles. The van der Waals surface area contributed by atoms with Crippen LogP contribution in [-0.2, 0) is 4.79 Å². The van der Waals surface area contributed by atoms with Crippen molar-refractivity contribution < 1.29 is 14.3 Å². The van der Waals surface area contributed by atoms with E-state index >= 15 is 0 Å². The first-order valence-corrected chi connectivity index (χ1v) is 11.7. The monoisotopic (exact) mass is 492 g/mol. The van der Waals surface area contributed by atoms with Gasteiger partial charge in [-0.25, -0.2) is 0 Å². The average Bonchev–Trinajstić information content (AvgIpc) is 3.27. The van der Waals surface area contributed by atoms with Gasteiger partial charge in [-0.2, -0.15) is 0 Å². The number of amides is 1. The van der Waals surface area contributed by atoms with E-state index in [0.29, 0.717) is 33.0 Å². The molecule has 0 radical (unpaired) electrons. The van der Waals surface area contributed by atoms with Crippen molar-refractivity contribution in [3.8, 4) is 22.8 Å². The van der Waals surface area contributed by atoms with Crippen LogP contribution in [0.1, 0.15) is 17.3 Å². The van der Waals surface area contributed by atoms with E-state index in [9.17, 15) is 9.59 Å². The Hall–Kier alpha value is -3.62. The molecule has 0 aliphatic rings. The second-order valence-electron chi connectivity index (χ2n) is 7.29. The van der Waals surface area contributed by atoms with Crippen LogP contribution >= 0.6 is 23.4 Å². The van der Waals surface area contributed by atoms with Gasteiger partial charge in [0.05, 0.1) is 24.1 Å². The summed E-state index contributed by atoms with van der Waals surface area (Å²) in [5.74, 6) is 1.10. The topological polar surface area (TPSA) is 86.1 Å². The lowest BCUT2D eigenvalue weighted by molar-refractivity contribution is -0.113. The Morgan fingerprint density at radius 3 is 2.50 bits per heavy atom. The fraction of sp³-hybridized carbons (Fsp3) is 0.120. The summed E-state index contributed by atoms with van der Waals surface area (Å²) in [5, 5.41) is 12.7. The predicted molar refractivity (Wildman–Crippen MR) is 134 cm³/mol. The van der Waals surface area contributed by atoms with Crippen molar-refractivity contribution in [2.75, 3.05) is 18.2 Å². The molecule has 0 fully saturated rings. The van der Waals surface area contributed by atoms with Crippen molar-refractivity contribution in [3.63, 3.8) is 0 Å². The first kappa shape index (κ1) is 23.5. The summed E-state index contributed by atoms with van der Waals surface area (Å²) in [5.41, 5.74) is 2.73. The zero-order valence-electron chi connectivity index (χ0n) is 18.5. The number of hydrogen-bond donors (Lipinski definition) is 1. The highest BCUT2D eigenvalue weighted by molar-refractivity contribution is 7.99. The van der Waals surface area contributed by atoms with Gasteiger partial charge >= 0.3 is 0 Å². The second-order valence-corrected chi connectivity index (χ2v) is 8.67. The molecule has 7 nitrogen and oxygen atoms in total. The highest BCUT2D eigenvalue weighted by Gasteiger charge is 2.20. The van der Waals surface area contributed by atoms with E-state index in [1.54, 1.807) is 37.4 Å². The molecule has 0 atom stereocenters. The van der Waals surface area contributed by atoms with Crippen LogP contribution in [0.5, 0.6) is 5.75 Å². The van der Waals surface area contributed by atoms with Crippen molar-refractivity contribution >= 4 is 40.7 Å². The number of ether oxygens (including phenoxy) is 1. The minimum atomic E-state index is -0.208. The maximum absolute atomic E-state index is 12.6. The molecule has 0 unspecified atom stereocenters. The molecule has 1 N–H and O–H groups in total. The largest absolute Gasteiger partial charge is 0.496 e. The van der Waals surface area contributed by atoms with Crippen LogP contribution in [0.15, 0.2) is 78.0 Å². The Morgan fingerprint density at radius 2 is 1.79 bits per heavy atom. The lowest BCUT2D eigenvalue weighted by Gasteiger charge is -2.13. The van der Waals surface area contributed by atoms with E-state index in [1.807, 2.05) is 47.0 Å². The molecule has 9 heteroatoms. The highest BCUT2D eigenvalue weighted by Crippen LogP contribution is 2.33. The fourth-order valence-corrected chi connectivity index (χ4v) is 4.27. The van der Waals surface area contributed by atoms with Crippen LogP contribution in [-0.4, -0.2) is 39.3 Å². The van der Waals surface area contributed by atoms with Gasteiger partial charge in [-0.15, -0.1) is 10.2 Å². The molecule has 0 spiro atoms. The molecule has 0 bridgehead atoms. The number of anilines is 1.